The van der Waals surface area contributed by atoms with Crippen LogP contribution in [0.4, 0.5) is 5.13 Å². The summed E-state index contributed by atoms with van der Waals surface area (Å²) >= 11 is 1.53. The van der Waals surface area contributed by atoms with Crippen molar-refractivity contribution in [3.05, 3.63) is 45.9 Å². The molecule has 0 fully saturated rings. The van der Waals surface area contributed by atoms with E-state index in [0.717, 1.165) is 18.5 Å². The number of rotatable bonds is 2. The van der Waals surface area contributed by atoms with Crippen LogP contribution in [-0.2, 0) is 12.8 Å². The first-order valence-electron chi connectivity index (χ1n) is 6.21. The predicted molar refractivity (Wildman–Crippen MR) is 72.1 cm³/mol. The molecule has 5 nitrogen and oxygen atoms in total. The van der Waals surface area contributed by atoms with Crippen LogP contribution in [0.1, 0.15) is 33.8 Å². The fraction of sp³-hybridized carbons (Fsp3) is 0.308. The topological polar surface area (TPSA) is 68.9 Å². The van der Waals surface area contributed by atoms with Gasteiger partial charge in [-0.15, -0.1) is 11.3 Å². The molecule has 0 atom stereocenters. The lowest BCUT2D eigenvalue weighted by Gasteiger charge is -2.06. The van der Waals surface area contributed by atoms with E-state index in [2.05, 4.69) is 10.3 Å². The zero-order valence-electron chi connectivity index (χ0n) is 10.3. The van der Waals surface area contributed by atoms with Crippen LogP contribution in [0, 0.1) is 5.21 Å². The number of aromatic nitrogens is 2. The molecule has 3 rings (SSSR count). The number of amides is 1. The summed E-state index contributed by atoms with van der Waals surface area (Å²) in [6.45, 7) is 0. The molecule has 1 aliphatic carbocycles. The van der Waals surface area contributed by atoms with Crippen molar-refractivity contribution < 1.29 is 9.52 Å². The fourth-order valence-corrected chi connectivity index (χ4v) is 3.21. The molecule has 0 radical (unpaired) electrons. The molecule has 2 heterocycles. The van der Waals surface area contributed by atoms with Crippen molar-refractivity contribution in [3.8, 4) is 0 Å². The summed E-state index contributed by atoms with van der Waals surface area (Å²) in [5.41, 5.74) is 1.45. The Bertz CT molecular complexity index is 601. The number of fused-ring (bicyclic) bond motifs is 1. The summed E-state index contributed by atoms with van der Waals surface area (Å²) in [4.78, 5) is 17.7. The molecule has 1 N–H and O–H groups in total. The van der Waals surface area contributed by atoms with E-state index in [9.17, 15) is 10.0 Å². The number of nitrogens with one attached hydrogen (secondary N) is 1. The second-order valence-electron chi connectivity index (χ2n) is 4.50. The van der Waals surface area contributed by atoms with Crippen molar-refractivity contribution in [2.45, 2.75) is 25.7 Å². The zero-order valence-corrected chi connectivity index (χ0v) is 11.1. The highest BCUT2D eigenvalue weighted by Gasteiger charge is 2.17. The molecule has 0 saturated heterocycles. The van der Waals surface area contributed by atoms with Gasteiger partial charge in [0.25, 0.3) is 5.91 Å². The molecule has 2 aromatic rings. The van der Waals surface area contributed by atoms with Crippen molar-refractivity contribution in [3.63, 3.8) is 0 Å². The molecule has 1 aliphatic rings. The van der Waals surface area contributed by atoms with Gasteiger partial charge in [0.2, 0.25) is 0 Å². The monoisotopic (exact) mass is 275 g/mol. The Morgan fingerprint density at radius 3 is 3.05 bits per heavy atom. The van der Waals surface area contributed by atoms with Crippen LogP contribution in [0.3, 0.4) is 0 Å². The normalized spacial score (nSPS) is 13.9. The van der Waals surface area contributed by atoms with Gasteiger partial charge in [-0.2, -0.15) is 4.73 Å². The fourth-order valence-electron chi connectivity index (χ4n) is 2.16. The van der Waals surface area contributed by atoms with Gasteiger partial charge in [0.15, 0.2) is 17.5 Å². The number of aryl methyl sites for hydroxylation is 2. The molecule has 2 aromatic heterocycles. The smallest absolute Gasteiger partial charge is 0.263 e. The van der Waals surface area contributed by atoms with Crippen molar-refractivity contribution in [2.24, 2.45) is 0 Å². The summed E-state index contributed by atoms with van der Waals surface area (Å²) in [6.07, 6.45) is 7.00. The molecule has 0 aromatic carbocycles. The third-order valence-electron chi connectivity index (χ3n) is 3.10. The average molecular weight is 275 g/mol. The maximum absolute atomic E-state index is 12.0. The van der Waals surface area contributed by atoms with Gasteiger partial charge in [0.05, 0.1) is 5.69 Å². The lowest BCUT2D eigenvalue weighted by Crippen LogP contribution is -2.27. The lowest BCUT2D eigenvalue weighted by atomic mass is 10.0. The Balaban J connectivity index is 1.77. The first kappa shape index (κ1) is 12.1. The summed E-state index contributed by atoms with van der Waals surface area (Å²) in [5.74, 6) is -0.295. The van der Waals surface area contributed by atoms with E-state index in [1.54, 1.807) is 12.1 Å². The lowest BCUT2D eigenvalue weighted by molar-refractivity contribution is -0.605. The van der Waals surface area contributed by atoms with Crippen LogP contribution in [0.15, 0.2) is 24.5 Å². The van der Waals surface area contributed by atoms with E-state index in [1.165, 1.54) is 41.4 Å². The zero-order chi connectivity index (χ0) is 13.2. The van der Waals surface area contributed by atoms with Crippen LogP contribution in [-0.4, -0.2) is 10.9 Å². The van der Waals surface area contributed by atoms with E-state index < -0.39 is 0 Å². The van der Waals surface area contributed by atoms with E-state index in [4.69, 9.17) is 0 Å². The van der Waals surface area contributed by atoms with Crippen molar-refractivity contribution in [1.82, 2.24) is 4.98 Å². The number of nitrogens with zero attached hydrogens (tertiary/aromatic N) is 2. The quantitative estimate of drug-likeness (QED) is 0.672. The highest BCUT2D eigenvalue weighted by atomic mass is 32.1. The molecule has 0 aliphatic heterocycles. The van der Waals surface area contributed by atoms with E-state index in [1.807, 2.05) is 0 Å². The van der Waals surface area contributed by atoms with Gasteiger partial charge in [-0.05, 0) is 31.7 Å². The minimum atomic E-state index is -0.295. The SMILES string of the molecule is O=C(Nc1nc2c(s1)CCCC2)c1ccc[n+]([O-])c1. The molecular weight excluding hydrogens is 262 g/mol. The molecule has 6 heteroatoms. The number of carbonyl (C=O) groups is 1. The summed E-state index contributed by atoms with van der Waals surface area (Å²) in [5, 5.41) is 14.5. The number of hydrogen-bond acceptors (Lipinski definition) is 4. The number of thiazole rings is 1. The van der Waals surface area contributed by atoms with Crippen LogP contribution < -0.4 is 10.0 Å². The number of hydrogen-bond donors (Lipinski definition) is 1. The Labute approximate surface area is 114 Å². The minimum absolute atomic E-state index is 0.295. The molecule has 0 bridgehead atoms. The molecule has 0 saturated carbocycles. The first-order valence-corrected chi connectivity index (χ1v) is 7.03. The predicted octanol–water partition coefficient (Wildman–Crippen LogP) is 1.91. The van der Waals surface area contributed by atoms with Gasteiger partial charge in [0.1, 0.15) is 5.56 Å². The van der Waals surface area contributed by atoms with Gasteiger partial charge in [-0.1, -0.05) is 0 Å². The number of pyridine rings is 1. The van der Waals surface area contributed by atoms with Gasteiger partial charge in [0, 0.05) is 10.9 Å². The van der Waals surface area contributed by atoms with Crippen LogP contribution in [0.25, 0.3) is 0 Å². The molecule has 1 amide bonds. The van der Waals surface area contributed by atoms with Crippen molar-refractivity contribution in [2.75, 3.05) is 5.32 Å². The third-order valence-corrected chi connectivity index (χ3v) is 4.18. The highest BCUT2D eigenvalue weighted by Crippen LogP contribution is 2.29. The molecule has 19 heavy (non-hydrogen) atoms. The van der Waals surface area contributed by atoms with Crippen LogP contribution in [0.5, 0.6) is 0 Å². The minimum Gasteiger partial charge on any atom is -0.619 e. The second kappa shape index (κ2) is 4.97. The van der Waals surface area contributed by atoms with Gasteiger partial charge in [-0.3, -0.25) is 10.1 Å². The summed E-state index contributed by atoms with van der Waals surface area (Å²) in [6, 6.07) is 3.16. The summed E-state index contributed by atoms with van der Waals surface area (Å²) in [7, 11) is 0. The van der Waals surface area contributed by atoms with E-state index >= 15 is 0 Å². The van der Waals surface area contributed by atoms with Gasteiger partial charge < -0.3 is 5.21 Å². The summed E-state index contributed by atoms with van der Waals surface area (Å²) < 4.78 is 0.613. The van der Waals surface area contributed by atoms with Crippen LogP contribution >= 0.6 is 11.3 Å². The Morgan fingerprint density at radius 1 is 1.42 bits per heavy atom. The van der Waals surface area contributed by atoms with Crippen molar-refractivity contribution >= 4 is 22.4 Å². The molecule has 0 unspecified atom stereocenters. The van der Waals surface area contributed by atoms with Gasteiger partial charge >= 0.3 is 0 Å². The maximum atomic E-state index is 12.0. The highest BCUT2D eigenvalue weighted by molar-refractivity contribution is 7.15. The third kappa shape index (κ3) is 2.58. The average Bonchev–Trinajstić information content (AvgIpc) is 2.80. The number of carbonyl (C=O) groups excluding carboxylic acids is 1. The Kier molecular flexibility index (Phi) is 3.16. The first-order chi connectivity index (χ1) is 9.22. The second-order valence-corrected chi connectivity index (χ2v) is 5.59. The van der Waals surface area contributed by atoms with Crippen molar-refractivity contribution in [1.29, 1.82) is 0 Å². The largest absolute Gasteiger partial charge is 0.619 e. The Hall–Kier alpha value is -1.95. The van der Waals surface area contributed by atoms with Crippen LogP contribution in [0.2, 0.25) is 0 Å². The molecular formula is C13H13N3O2S. The molecule has 98 valence electrons. The number of anilines is 1. The van der Waals surface area contributed by atoms with E-state index in [0.29, 0.717) is 15.4 Å². The molecule has 0 spiro atoms. The Morgan fingerprint density at radius 2 is 2.26 bits per heavy atom. The maximum Gasteiger partial charge on any atom is 0.263 e. The van der Waals surface area contributed by atoms with Gasteiger partial charge in [-0.25, -0.2) is 4.98 Å². The van der Waals surface area contributed by atoms with E-state index in [-0.39, 0.29) is 5.91 Å². The standard InChI is InChI=1S/C13H13N3O2S/c17-12(9-4-3-7-16(18)8-9)15-13-14-10-5-1-2-6-11(10)19-13/h3-4,7-8H,1-2,5-6H2,(H,14,15,17).